The van der Waals surface area contributed by atoms with Gasteiger partial charge in [-0.2, -0.15) is 28.6 Å². The molecule has 0 saturated carbocycles. The van der Waals surface area contributed by atoms with Gasteiger partial charge in [-0.25, -0.2) is 9.97 Å². The standard InChI is InChI=1S/C18H11F3N8/c19-18(20,21)13-6-10(7-22)3-4-11(13)14-9-25-29-17(26-14)24-8-15-12-2-1-5-23-16(12)28-27-15/h1-6,9H,8H2,(H,23,27,28)(H,24,26,29). The minimum atomic E-state index is -4.65. The molecule has 0 radical (unpaired) electrons. The number of H-pyrrole nitrogens is 1. The third-order valence-corrected chi connectivity index (χ3v) is 4.12. The first-order valence-electron chi connectivity index (χ1n) is 8.29. The van der Waals surface area contributed by atoms with E-state index in [4.69, 9.17) is 5.26 Å². The van der Waals surface area contributed by atoms with Crippen LogP contribution in [0.3, 0.4) is 0 Å². The second kappa shape index (κ2) is 7.16. The van der Waals surface area contributed by atoms with Crippen molar-refractivity contribution < 1.29 is 13.2 Å². The first kappa shape index (κ1) is 18.3. The largest absolute Gasteiger partial charge is 0.417 e. The number of hydrogen-bond acceptors (Lipinski definition) is 7. The molecule has 3 aromatic heterocycles. The summed E-state index contributed by atoms with van der Waals surface area (Å²) in [6.07, 6.45) is -1.90. The molecule has 0 aliphatic carbocycles. The van der Waals surface area contributed by atoms with Crippen molar-refractivity contribution in [3.63, 3.8) is 0 Å². The highest BCUT2D eigenvalue weighted by Crippen LogP contribution is 2.37. The Morgan fingerprint density at radius 2 is 2.07 bits per heavy atom. The molecular formula is C18H11F3N8. The van der Waals surface area contributed by atoms with Crippen LogP contribution in [-0.4, -0.2) is 30.4 Å². The van der Waals surface area contributed by atoms with Crippen molar-refractivity contribution in [2.75, 3.05) is 5.32 Å². The average molecular weight is 396 g/mol. The normalized spacial score (nSPS) is 11.4. The monoisotopic (exact) mass is 396 g/mol. The third kappa shape index (κ3) is 3.68. The van der Waals surface area contributed by atoms with Gasteiger partial charge in [-0.05, 0) is 24.3 Å². The van der Waals surface area contributed by atoms with Crippen LogP contribution in [0.1, 0.15) is 16.8 Å². The lowest BCUT2D eigenvalue weighted by Crippen LogP contribution is -2.10. The van der Waals surface area contributed by atoms with Gasteiger partial charge in [0.15, 0.2) is 5.65 Å². The third-order valence-electron chi connectivity index (χ3n) is 4.12. The van der Waals surface area contributed by atoms with E-state index in [0.717, 1.165) is 23.3 Å². The van der Waals surface area contributed by atoms with Gasteiger partial charge in [0, 0.05) is 17.1 Å². The Bertz CT molecular complexity index is 1230. The SMILES string of the molecule is N#Cc1ccc(-c2cnnc(NCc3[nH]nc4ncccc34)n2)c(C(F)(F)F)c1. The Hall–Kier alpha value is -4.07. The fourth-order valence-corrected chi connectivity index (χ4v) is 2.78. The Labute approximate surface area is 161 Å². The predicted molar refractivity (Wildman–Crippen MR) is 96.2 cm³/mol. The zero-order valence-electron chi connectivity index (χ0n) is 14.6. The van der Waals surface area contributed by atoms with E-state index >= 15 is 0 Å². The Balaban J connectivity index is 1.64. The van der Waals surface area contributed by atoms with Crippen LogP contribution in [0.25, 0.3) is 22.3 Å². The lowest BCUT2D eigenvalue weighted by molar-refractivity contribution is -0.137. The minimum absolute atomic E-state index is 0.0181. The van der Waals surface area contributed by atoms with Crippen LogP contribution >= 0.6 is 0 Å². The van der Waals surface area contributed by atoms with Gasteiger partial charge in [-0.15, -0.1) is 5.10 Å². The maximum absolute atomic E-state index is 13.4. The number of pyridine rings is 1. The van der Waals surface area contributed by atoms with Crippen molar-refractivity contribution in [1.29, 1.82) is 5.26 Å². The van der Waals surface area contributed by atoms with Crippen LogP contribution in [0.15, 0.2) is 42.7 Å². The number of benzene rings is 1. The van der Waals surface area contributed by atoms with Gasteiger partial charge in [0.05, 0.1) is 41.3 Å². The van der Waals surface area contributed by atoms with Gasteiger partial charge in [0.25, 0.3) is 0 Å². The smallest absolute Gasteiger partial charge is 0.347 e. The summed E-state index contributed by atoms with van der Waals surface area (Å²) >= 11 is 0. The zero-order valence-corrected chi connectivity index (χ0v) is 14.6. The Morgan fingerprint density at radius 1 is 1.21 bits per heavy atom. The number of rotatable bonds is 4. The summed E-state index contributed by atoms with van der Waals surface area (Å²) < 4.78 is 40.3. The first-order chi connectivity index (χ1) is 14.0. The predicted octanol–water partition coefficient (Wildman–Crippen LogP) is 3.31. The molecule has 0 saturated heterocycles. The number of anilines is 1. The molecule has 0 aliphatic heterocycles. The van der Waals surface area contributed by atoms with Crippen LogP contribution in [0.5, 0.6) is 0 Å². The highest BCUT2D eigenvalue weighted by molar-refractivity contribution is 5.77. The molecule has 0 bridgehead atoms. The van der Waals surface area contributed by atoms with Gasteiger partial charge in [-0.3, -0.25) is 5.10 Å². The van der Waals surface area contributed by atoms with Crippen LogP contribution in [0, 0.1) is 11.3 Å². The average Bonchev–Trinajstić information content (AvgIpc) is 3.14. The molecule has 144 valence electrons. The summed E-state index contributed by atoms with van der Waals surface area (Å²) in [6.45, 7) is 0.243. The molecule has 0 atom stereocenters. The number of nitrogens with one attached hydrogen (secondary N) is 2. The molecular weight excluding hydrogens is 385 g/mol. The molecule has 4 rings (SSSR count). The van der Waals surface area contributed by atoms with Crippen molar-refractivity contribution in [3.05, 3.63) is 59.5 Å². The molecule has 2 N–H and O–H groups in total. The summed E-state index contributed by atoms with van der Waals surface area (Å²) in [5.41, 5.74) is -0.00292. The molecule has 4 aromatic rings. The number of hydrogen-bond donors (Lipinski definition) is 2. The van der Waals surface area contributed by atoms with E-state index in [1.165, 1.54) is 12.1 Å². The zero-order chi connectivity index (χ0) is 20.4. The van der Waals surface area contributed by atoms with Crippen molar-refractivity contribution in [2.45, 2.75) is 12.7 Å². The summed E-state index contributed by atoms with van der Waals surface area (Å²) in [4.78, 5) is 8.25. The molecule has 0 fully saturated rings. The summed E-state index contributed by atoms with van der Waals surface area (Å²) in [6, 6.07) is 8.59. The number of nitrogens with zero attached hydrogens (tertiary/aromatic N) is 6. The molecule has 0 unspecified atom stereocenters. The van der Waals surface area contributed by atoms with E-state index in [2.05, 4.69) is 35.7 Å². The quantitative estimate of drug-likeness (QED) is 0.544. The van der Waals surface area contributed by atoms with Gasteiger partial charge in [0.1, 0.15) is 0 Å². The topological polar surface area (TPSA) is 116 Å². The van der Waals surface area contributed by atoms with Gasteiger partial charge in [0.2, 0.25) is 5.95 Å². The molecule has 3 heterocycles. The van der Waals surface area contributed by atoms with Crippen molar-refractivity contribution >= 4 is 17.0 Å². The number of alkyl halides is 3. The van der Waals surface area contributed by atoms with E-state index in [1.54, 1.807) is 18.3 Å². The second-order valence-corrected chi connectivity index (χ2v) is 5.97. The molecule has 0 amide bonds. The molecule has 8 nitrogen and oxygen atoms in total. The highest BCUT2D eigenvalue weighted by Gasteiger charge is 2.34. The van der Waals surface area contributed by atoms with Crippen LogP contribution in [0.4, 0.5) is 19.1 Å². The fraction of sp³-hybridized carbons (Fsp3) is 0.111. The van der Waals surface area contributed by atoms with E-state index in [1.807, 2.05) is 6.07 Å². The van der Waals surface area contributed by atoms with E-state index in [-0.39, 0.29) is 29.3 Å². The fourth-order valence-electron chi connectivity index (χ4n) is 2.78. The number of aromatic amines is 1. The maximum Gasteiger partial charge on any atom is 0.417 e. The minimum Gasteiger partial charge on any atom is -0.347 e. The van der Waals surface area contributed by atoms with E-state index in [0.29, 0.717) is 5.65 Å². The number of halogens is 3. The van der Waals surface area contributed by atoms with Crippen molar-refractivity contribution in [3.8, 4) is 17.3 Å². The first-order valence-corrected chi connectivity index (χ1v) is 8.29. The van der Waals surface area contributed by atoms with E-state index in [9.17, 15) is 13.2 Å². The Kier molecular flexibility index (Phi) is 4.52. The number of fused-ring (bicyclic) bond motifs is 1. The summed E-state index contributed by atoms with van der Waals surface area (Å²) in [5.74, 6) is 0.0478. The van der Waals surface area contributed by atoms with E-state index < -0.39 is 11.7 Å². The molecule has 29 heavy (non-hydrogen) atoms. The lowest BCUT2D eigenvalue weighted by atomic mass is 10.0. The van der Waals surface area contributed by atoms with Gasteiger partial charge >= 0.3 is 6.18 Å². The van der Waals surface area contributed by atoms with Gasteiger partial charge in [-0.1, -0.05) is 6.07 Å². The van der Waals surface area contributed by atoms with Gasteiger partial charge < -0.3 is 5.32 Å². The van der Waals surface area contributed by atoms with Crippen molar-refractivity contribution in [2.24, 2.45) is 0 Å². The van der Waals surface area contributed by atoms with Crippen LogP contribution in [0.2, 0.25) is 0 Å². The van der Waals surface area contributed by atoms with Crippen molar-refractivity contribution in [1.82, 2.24) is 30.4 Å². The second-order valence-electron chi connectivity index (χ2n) is 5.97. The number of nitriles is 1. The van der Waals surface area contributed by atoms with Crippen LogP contribution in [-0.2, 0) is 12.7 Å². The molecule has 11 heteroatoms. The maximum atomic E-state index is 13.4. The number of aromatic nitrogens is 6. The summed E-state index contributed by atoms with van der Waals surface area (Å²) in [5, 5.41) is 27.1. The molecule has 1 aromatic carbocycles. The molecule has 0 spiro atoms. The summed E-state index contributed by atoms with van der Waals surface area (Å²) in [7, 11) is 0. The van der Waals surface area contributed by atoms with Crippen LogP contribution < -0.4 is 5.32 Å². The highest BCUT2D eigenvalue weighted by atomic mass is 19.4. The Morgan fingerprint density at radius 3 is 2.86 bits per heavy atom. The molecule has 0 aliphatic rings. The lowest BCUT2D eigenvalue weighted by Gasteiger charge is -2.13.